The maximum atomic E-state index is 12.4. The van der Waals surface area contributed by atoms with Crippen molar-refractivity contribution in [3.8, 4) is 11.8 Å². The summed E-state index contributed by atoms with van der Waals surface area (Å²) in [5.74, 6) is -1.49. The van der Waals surface area contributed by atoms with Crippen molar-refractivity contribution in [3.63, 3.8) is 0 Å². The van der Waals surface area contributed by atoms with Gasteiger partial charge in [0.2, 0.25) is 5.13 Å². The number of aromatic nitrogens is 3. The molecule has 0 aliphatic rings. The average Bonchev–Trinajstić information content (AvgIpc) is 3.30. The van der Waals surface area contributed by atoms with Gasteiger partial charge in [-0.2, -0.15) is 5.26 Å². The number of hydrogen-bond acceptors (Lipinski definition) is 10. The van der Waals surface area contributed by atoms with Gasteiger partial charge in [-0.15, -0.1) is 34.7 Å². The highest BCUT2D eigenvalue weighted by Gasteiger charge is 2.31. The molecule has 0 saturated heterocycles. The minimum atomic E-state index is -4.75. The number of ether oxygens (including phenoxy) is 1. The molecule has 13 heteroatoms. The quantitative estimate of drug-likeness (QED) is 0.463. The number of nitrogens with zero attached hydrogens (tertiary/aromatic N) is 4. The number of thioether (sulfide) groups is 1. The van der Waals surface area contributed by atoms with Gasteiger partial charge in [-0.3, -0.25) is 4.79 Å². The molecule has 1 aromatic carbocycles. The Hall–Kier alpha value is -2.69. The first kappa shape index (κ1) is 22.0. The molecule has 1 atom stereocenters. The van der Waals surface area contributed by atoms with Crippen molar-refractivity contribution in [1.82, 2.24) is 15.2 Å². The summed E-state index contributed by atoms with van der Waals surface area (Å²) in [6.07, 6.45) is -4.75. The number of benzene rings is 1. The van der Waals surface area contributed by atoms with Crippen LogP contribution in [0.25, 0.3) is 0 Å². The standard InChI is InChI=1S/C17H12F3N5O2S3/c1-9-7-28-14(22-9)12(6-21)13(26)8-29-16-25-24-15(30-16)23-10-2-4-11(5-3-10)27-17(18,19)20/h2-5,7,12H,8H2,1H3,(H,23,24)/t12-/m1/s1. The lowest BCUT2D eigenvalue weighted by molar-refractivity contribution is -0.274. The number of anilines is 2. The SMILES string of the molecule is Cc1csc([C@H](C#N)C(=O)CSc2nnc(Nc3ccc(OC(F)(F)F)cc3)s2)n1. The van der Waals surface area contributed by atoms with Gasteiger partial charge in [-0.05, 0) is 31.2 Å². The molecule has 2 heterocycles. The Bertz CT molecular complexity index is 1060. The van der Waals surface area contributed by atoms with Crippen LogP contribution in [0.2, 0.25) is 0 Å². The van der Waals surface area contributed by atoms with Crippen LogP contribution in [0.5, 0.6) is 5.75 Å². The highest BCUT2D eigenvalue weighted by atomic mass is 32.2. The summed E-state index contributed by atoms with van der Waals surface area (Å²) < 4.78 is 40.9. The highest BCUT2D eigenvalue weighted by Crippen LogP contribution is 2.30. The molecule has 0 saturated carbocycles. The molecule has 0 aliphatic carbocycles. The first-order valence-corrected chi connectivity index (χ1v) is 10.8. The molecule has 3 aromatic rings. The van der Waals surface area contributed by atoms with Gasteiger partial charge in [-0.25, -0.2) is 4.98 Å². The largest absolute Gasteiger partial charge is 0.573 e. The lowest BCUT2D eigenvalue weighted by Gasteiger charge is -2.09. The summed E-state index contributed by atoms with van der Waals surface area (Å²) >= 11 is 3.59. The van der Waals surface area contributed by atoms with Gasteiger partial charge >= 0.3 is 6.36 Å². The van der Waals surface area contributed by atoms with E-state index in [0.717, 1.165) is 17.5 Å². The summed E-state index contributed by atoms with van der Waals surface area (Å²) in [7, 11) is 0. The van der Waals surface area contributed by atoms with Crippen LogP contribution >= 0.6 is 34.4 Å². The zero-order valence-corrected chi connectivity index (χ0v) is 17.6. The fourth-order valence-electron chi connectivity index (χ4n) is 2.17. The molecule has 3 rings (SSSR count). The van der Waals surface area contributed by atoms with E-state index in [9.17, 15) is 23.2 Å². The van der Waals surface area contributed by atoms with E-state index in [0.29, 0.717) is 20.2 Å². The Morgan fingerprint density at radius 3 is 2.67 bits per heavy atom. The molecule has 0 unspecified atom stereocenters. The average molecular weight is 472 g/mol. The molecule has 2 aromatic heterocycles. The molecule has 0 radical (unpaired) electrons. The predicted octanol–water partition coefficient (Wildman–Crippen LogP) is 4.91. The molecule has 30 heavy (non-hydrogen) atoms. The molecule has 0 fully saturated rings. The first-order valence-electron chi connectivity index (χ1n) is 8.17. The number of carbonyl (C=O) groups excluding carboxylic acids is 1. The van der Waals surface area contributed by atoms with E-state index in [1.54, 1.807) is 12.3 Å². The van der Waals surface area contributed by atoms with Gasteiger partial charge < -0.3 is 10.1 Å². The van der Waals surface area contributed by atoms with Gasteiger partial charge in [0.1, 0.15) is 10.8 Å². The second-order valence-electron chi connectivity index (χ2n) is 5.71. The number of aryl methyl sites for hydroxylation is 1. The maximum Gasteiger partial charge on any atom is 0.573 e. The second kappa shape index (κ2) is 9.41. The van der Waals surface area contributed by atoms with Crippen molar-refractivity contribution in [2.45, 2.75) is 23.5 Å². The van der Waals surface area contributed by atoms with E-state index in [1.165, 1.54) is 46.9 Å². The van der Waals surface area contributed by atoms with Crippen molar-refractivity contribution in [3.05, 3.63) is 40.3 Å². The Morgan fingerprint density at radius 2 is 2.07 bits per heavy atom. The fourth-order valence-corrected chi connectivity index (χ4v) is 4.71. The van der Waals surface area contributed by atoms with Gasteiger partial charge in [0.25, 0.3) is 0 Å². The van der Waals surface area contributed by atoms with E-state index >= 15 is 0 Å². The Balaban J connectivity index is 1.55. The van der Waals surface area contributed by atoms with E-state index in [1.807, 2.05) is 6.07 Å². The molecule has 0 bridgehead atoms. The Morgan fingerprint density at radius 1 is 1.33 bits per heavy atom. The number of Topliss-reactive ketones (excluding diaryl/α,β-unsaturated/α-hetero) is 1. The van der Waals surface area contributed by atoms with Crippen molar-refractivity contribution in [1.29, 1.82) is 5.26 Å². The number of ketones is 1. The molecule has 1 N–H and O–H groups in total. The van der Waals surface area contributed by atoms with E-state index < -0.39 is 12.3 Å². The van der Waals surface area contributed by atoms with Gasteiger partial charge in [0.05, 0.1) is 11.8 Å². The van der Waals surface area contributed by atoms with Crippen LogP contribution in [0.4, 0.5) is 24.0 Å². The third-order valence-electron chi connectivity index (χ3n) is 3.42. The Labute approximate surface area is 180 Å². The van der Waals surface area contributed by atoms with Gasteiger partial charge in [0.15, 0.2) is 16.0 Å². The normalized spacial score (nSPS) is 12.2. The maximum absolute atomic E-state index is 12.4. The Kier molecular flexibility index (Phi) is 6.91. The van der Waals surface area contributed by atoms with Gasteiger partial charge in [-0.1, -0.05) is 23.1 Å². The molecule has 0 amide bonds. The molecule has 156 valence electrons. The molecule has 0 aliphatic heterocycles. The third-order valence-corrected chi connectivity index (χ3v) is 6.44. The lowest BCUT2D eigenvalue weighted by atomic mass is 10.1. The number of rotatable bonds is 8. The zero-order valence-electron chi connectivity index (χ0n) is 15.1. The summed E-state index contributed by atoms with van der Waals surface area (Å²) in [5.41, 5.74) is 1.26. The predicted molar refractivity (Wildman–Crippen MR) is 107 cm³/mol. The van der Waals surface area contributed by atoms with Crippen LogP contribution in [0.3, 0.4) is 0 Å². The number of carbonyl (C=O) groups is 1. The van der Waals surface area contributed by atoms with Crippen molar-refractivity contribution >= 4 is 51.0 Å². The van der Waals surface area contributed by atoms with Crippen LogP contribution in [-0.4, -0.2) is 33.1 Å². The number of thiazole rings is 1. The van der Waals surface area contributed by atoms with Crippen LogP contribution in [0.15, 0.2) is 34.0 Å². The summed E-state index contributed by atoms with van der Waals surface area (Å²) in [6.45, 7) is 1.79. The third kappa shape index (κ3) is 6.15. The minimum Gasteiger partial charge on any atom is -0.406 e. The summed E-state index contributed by atoms with van der Waals surface area (Å²) in [6, 6.07) is 7.15. The molecular weight excluding hydrogens is 459 g/mol. The molecule has 0 spiro atoms. The van der Waals surface area contributed by atoms with Crippen molar-refractivity contribution < 1.29 is 22.7 Å². The molecule has 7 nitrogen and oxygen atoms in total. The van der Waals surface area contributed by atoms with E-state index in [-0.39, 0.29) is 17.3 Å². The number of hydrogen-bond donors (Lipinski definition) is 1. The number of halogens is 3. The summed E-state index contributed by atoms with van der Waals surface area (Å²) in [4.78, 5) is 16.6. The monoisotopic (exact) mass is 471 g/mol. The zero-order chi connectivity index (χ0) is 21.7. The number of nitrogens with one attached hydrogen (secondary N) is 1. The van der Waals surface area contributed by atoms with Gasteiger partial charge in [0, 0.05) is 16.8 Å². The minimum absolute atomic E-state index is 0.0367. The van der Waals surface area contributed by atoms with Crippen LogP contribution < -0.4 is 10.1 Å². The summed E-state index contributed by atoms with van der Waals surface area (Å²) in [5, 5.41) is 22.8. The number of nitriles is 1. The smallest absolute Gasteiger partial charge is 0.406 e. The van der Waals surface area contributed by atoms with E-state index in [2.05, 4.69) is 25.2 Å². The fraction of sp³-hybridized carbons (Fsp3) is 0.235. The number of alkyl halides is 3. The first-order chi connectivity index (χ1) is 14.2. The van der Waals surface area contributed by atoms with Crippen LogP contribution in [0, 0.1) is 18.3 Å². The lowest BCUT2D eigenvalue weighted by Crippen LogP contribution is -2.16. The van der Waals surface area contributed by atoms with Crippen LogP contribution in [-0.2, 0) is 4.79 Å². The molecular formula is C17H12F3N5O2S3. The van der Waals surface area contributed by atoms with Crippen molar-refractivity contribution in [2.24, 2.45) is 0 Å². The highest BCUT2D eigenvalue weighted by molar-refractivity contribution is 8.01. The van der Waals surface area contributed by atoms with E-state index in [4.69, 9.17) is 0 Å². The second-order valence-corrected chi connectivity index (χ2v) is 8.80. The van der Waals surface area contributed by atoms with Crippen LogP contribution in [0.1, 0.15) is 16.6 Å². The topological polar surface area (TPSA) is 101 Å². The van der Waals surface area contributed by atoms with Crippen molar-refractivity contribution in [2.75, 3.05) is 11.1 Å².